The van der Waals surface area contributed by atoms with Gasteiger partial charge in [-0.2, -0.15) is 4.68 Å². The number of pyridine rings is 1. The molecule has 0 saturated carbocycles. The number of ether oxygens (including phenoxy) is 2. The maximum Gasteiger partial charge on any atom is 0.352 e. The summed E-state index contributed by atoms with van der Waals surface area (Å²) < 4.78 is 28.3. The molecule has 1 N–H and O–H groups in total. The Morgan fingerprint density at radius 3 is 2.43 bits per heavy atom. The van der Waals surface area contributed by atoms with E-state index in [1.165, 1.54) is 4.57 Å². The number of benzene rings is 1. The van der Waals surface area contributed by atoms with Crippen molar-refractivity contribution in [2.75, 3.05) is 0 Å². The molecule has 1 unspecified atom stereocenters. The van der Waals surface area contributed by atoms with E-state index in [1.54, 1.807) is 34.6 Å². The second-order valence-electron chi connectivity index (χ2n) is 8.70. The number of carbonyl (C=O) groups is 1. The third-order valence-electron chi connectivity index (χ3n) is 5.26. The number of nitrogens with zero attached hydrogens (tertiary/aromatic N) is 4. The number of halogens is 1. The van der Waals surface area contributed by atoms with Crippen molar-refractivity contribution in [3.63, 3.8) is 0 Å². The van der Waals surface area contributed by atoms with Crippen molar-refractivity contribution < 1.29 is 23.8 Å². The normalized spacial score (nSPS) is 12.4. The van der Waals surface area contributed by atoms with Crippen molar-refractivity contribution in [1.29, 1.82) is 0 Å². The van der Waals surface area contributed by atoms with Gasteiger partial charge in [-0.1, -0.05) is 44.2 Å². The molecule has 1 atom stereocenters. The molecule has 10 heteroatoms. The second kappa shape index (κ2) is 11.4. The van der Waals surface area contributed by atoms with E-state index in [0.29, 0.717) is 12.4 Å². The Kier molecular flexibility index (Phi) is 8.52. The second-order valence-corrected chi connectivity index (χ2v) is 8.70. The van der Waals surface area contributed by atoms with Crippen molar-refractivity contribution in [3.8, 4) is 5.82 Å². The highest BCUT2D eigenvalue weighted by Gasteiger charge is 2.28. The summed E-state index contributed by atoms with van der Waals surface area (Å²) in [5.41, 5.74) is 0.0679. The van der Waals surface area contributed by atoms with Crippen LogP contribution in [0.4, 0.5) is 4.39 Å². The van der Waals surface area contributed by atoms with Crippen molar-refractivity contribution in [1.82, 2.24) is 19.3 Å². The van der Waals surface area contributed by atoms with Crippen LogP contribution in [0.2, 0.25) is 0 Å². The number of hydrogen-bond donors (Lipinski definition) is 1. The molecule has 35 heavy (non-hydrogen) atoms. The van der Waals surface area contributed by atoms with Gasteiger partial charge in [0.2, 0.25) is 0 Å². The zero-order valence-electron chi connectivity index (χ0n) is 20.6. The number of hydrogen-bond acceptors (Lipinski definition) is 7. The van der Waals surface area contributed by atoms with Gasteiger partial charge in [-0.05, 0) is 38.3 Å². The van der Waals surface area contributed by atoms with Crippen LogP contribution in [-0.2, 0) is 29.2 Å². The van der Waals surface area contributed by atoms with Gasteiger partial charge in [-0.3, -0.25) is 4.57 Å². The molecule has 2 aromatic heterocycles. The Labute approximate surface area is 203 Å². The molecule has 0 aliphatic carbocycles. The van der Waals surface area contributed by atoms with Crippen LogP contribution in [0.1, 0.15) is 68.2 Å². The Bertz CT molecular complexity index is 1220. The maximum absolute atomic E-state index is 15.2. The first-order chi connectivity index (χ1) is 16.6. The van der Waals surface area contributed by atoms with Crippen LogP contribution in [0.5, 0.6) is 0 Å². The molecule has 0 bridgehead atoms. The zero-order valence-corrected chi connectivity index (χ0v) is 20.6. The minimum absolute atomic E-state index is 0.0207. The first-order valence-electron chi connectivity index (χ1n) is 11.5. The van der Waals surface area contributed by atoms with Crippen molar-refractivity contribution in [2.45, 2.75) is 66.6 Å². The number of aliphatic hydroxyl groups is 1. The van der Waals surface area contributed by atoms with Crippen LogP contribution in [0.15, 0.2) is 41.2 Å². The quantitative estimate of drug-likeness (QED) is 0.437. The Hall–Kier alpha value is -3.37. The van der Waals surface area contributed by atoms with E-state index >= 15 is 4.39 Å². The highest BCUT2D eigenvalue weighted by molar-refractivity contribution is 5.91. The van der Waals surface area contributed by atoms with Gasteiger partial charge in [0.15, 0.2) is 17.5 Å². The van der Waals surface area contributed by atoms with Crippen molar-refractivity contribution in [2.24, 2.45) is 5.92 Å². The van der Waals surface area contributed by atoms with Crippen LogP contribution < -0.4 is 5.69 Å². The molecule has 3 rings (SSSR count). The van der Waals surface area contributed by atoms with Crippen LogP contribution in [0, 0.1) is 11.7 Å². The standard InChI is InChI=1S/C25H31FN4O5/c1-6-29-20(14-34-13-17-10-8-7-9-11-17)28-30(25(29)33)23-19(26)12-18(24(32)35-16(4)5)21(27-23)22(31)15(2)3/h7-12,15-16,22,31H,6,13-14H2,1-5H3. The lowest BCUT2D eigenvalue weighted by Gasteiger charge is -2.19. The van der Waals surface area contributed by atoms with Gasteiger partial charge >= 0.3 is 11.7 Å². The number of esters is 1. The molecular formula is C25H31FN4O5. The molecule has 1 aromatic carbocycles. The monoisotopic (exact) mass is 486 g/mol. The van der Waals surface area contributed by atoms with E-state index in [0.717, 1.165) is 16.3 Å². The molecule has 0 amide bonds. The predicted molar refractivity (Wildman–Crippen MR) is 127 cm³/mol. The minimum atomic E-state index is -1.19. The van der Waals surface area contributed by atoms with Crippen molar-refractivity contribution >= 4 is 5.97 Å². The van der Waals surface area contributed by atoms with Gasteiger partial charge in [-0.25, -0.2) is 19.0 Å². The SMILES string of the molecule is CCn1c(COCc2ccccc2)nn(-c2nc(C(O)C(C)C)c(C(=O)OC(C)C)cc2F)c1=O. The predicted octanol–water partition coefficient (Wildman–Crippen LogP) is 3.56. The maximum atomic E-state index is 15.2. The lowest BCUT2D eigenvalue weighted by Crippen LogP contribution is -2.27. The van der Waals surface area contributed by atoms with Crippen LogP contribution in [0.3, 0.4) is 0 Å². The van der Waals surface area contributed by atoms with Crippen LogP contribution >= 0.6 is 0 Å². The van der Waals surface area contributed by atoms with Gasteiger partial charge in [0.05, 0.1) is 30.1 Å². The molecule has 0 aliphatic heterocycles. The highest BCUT2D eigenvalue weighted by atomic mass is 19.1. The van der Waals surface area contributed by atoms with E-state index in [-0.39, 0.29) is 30.3 Å². The van der Waals surface area contributed by atoms with Gasteiger partial charge in [0.25, 0.3) is 0 Å². The van der Waals surface area contributed by atoms with Gasteiger partial charge < -0.3 is 14.6 Å². The number of aliphatic hydroxyl groups excluding tert-OH is 1. The summed E-state index contributed by atoms with van der Waals surface area (Å²) in [5, 5.41) is 15.0. The van der Waals surface area contributed by atoms with E-state index < -0.39 is 35.5 Å². The van der Waals surface area contributed by atoms with Crippen LogP contribution in [0.25, 0.3) is 5.82 Å². The molecule has 2 heterocycles. The minimum Gasteiger partial charge on any atom is -0.459 e. The molecule has 0 saturated heterocycles. The lowest BCUT2D eigenvalue weighted by atomic mass is 9.99. The molecular weight excluding hydrogens is 455 g/mol. The van der Waals surface area contributed by atoms with E-state index in [2.05, 4.69) is 10.1 Å². The molecule has 0 aliphatic rings. The van der Waals surface area contributed by atoms with E-state index in [4.69, 9.17) is 9.47 Å². The molecule has 9 nitrogen and oxygen atoms in total. The average Bonchev–Trinajstić information content (AvgIpc) is 3.13. The number of rotatable bonds is 10. The van der Waals surface area contributed by atoms with E-state index in [9.17, 15) is 14.7 Å². The topological polar surface area (TPSA) is 108 Å². The Morgan fingerprint density at radius 2 is 1.83 bits per heavy atom. The zero-order chi connectivity index (χ0) is 25.7. The summed E-state index contributed by atoms with van der Waals surface area (Å²) in [6.45, 7) is 9.16. The van der Waals surface area contributed by atoms with Crippen molar-refractivity contribution in [3.05, 3.63) is 75.3 Å². The fourth-order valence-corrected chi connectivity index (χ4v) is 3.46. The molecule has 0 radical (unpaired) electrons. The average molecular weight is 487 g/mol. The lowest BCUT2D eigenvalue weighted by molar-refractivity contribution is 0.0365. The Balaban J connectivity index is 2.01. The van der Waals surface area contributed by atoms with Gasteiger partial charge in [0.1, 0.15) is 6.61 Å². The Morgan fingerprint density at radius 1 is 1.14 bits per heavy atom. The fraction of sp³-hybridized carbons (Fsp3) is 0.440. The van der Waals surface area contributed by atoms with Gasteiger partial charge in [0, 0.05) is 6.54 Å². The third kappa shape index (κ3) is 6.01. The summed E-state index contributed by atoms with van der Waals surface area (Å²) in [7, 11) is 0. The fourth-order valence-electron chi connectivity index (χ4n) is 3.46. The summed E-state index contributed by atoms with van der Waals surface area (Å²) >= 11 is 0. The number of aromatic nitrogens is 4. The highest BCUT2D eigenvalue weighted by Crippen LogP contribution is 2.26. The smallest absolute Gasteiger partial charge is 0.352 e. The van der Waals surface area contributed by atoms with E-state index in [1.807, 2.05) is 30.3 Å². The van der Waals surface area contributed by atoms with Gasteiger partial charge in [-0.15, -0.1) is 5.10 Å². The summed E-state index contributed by atoms with van der Waals surface area (Å²) in [4.78, 5) is 29.8. The number of carbonyl (C=O) groups excluding carboxylic acids is 1. The first-order valence-corrected chi connectivity index (χ1v) is 11.5. The summed E-state index contributed by atoms with van der Waals surface area (Å²) in [6.07, 6.45) is -1.64. The first kappa shape index (κ1) is 26.2. The van der Waals surface area contributed by atoms with Crippen LogP contribution in [-0.4, -0.2) is 36.5 Å². The molecule has 0 fully saturated rings. The third-order valence-corrected chi connectivity index (χ3v) is 5.26. The summed E-state index contributed by atoms with van der Waals surface area (Å²) in [6, 6.07) is 10.5. The summed E-state index contributed by atoms with van der Waals surface area (Å²) in [5.74, 6) is -2.21. The molecule has 3 aromatic rings. The molecule has 0 spiro atoms. The largest absolute Gasteiger partial charge is 0.459 e. The molecule has 188 valence electrons.